The summed E-state index contributed by atoms with van der Waals surface area (Å²) in [6.07, 6.45) is 1.74. The Balaban J connectivity index is 2.06. The fraction of sp³-hybridized carbons (Fsp3) is 0.235. The number of aryl methyl sites for hydroxylation is 1. The van der Waals surface area contributed by atoms with E-state index >= 15 is 0 Å². The number of fused-ring (bicyclic) bond motifs is 1. The minimum absolute atomic E-state index is 0.0473. The van der Waals surface area contributed by atoms with Crippen LogP contribution in [0, 0.1) is 10.1 Å². The molecule has 1 aliphatic heterocycles. The maximum absolute atomic E-state index is 12.9. The fourth-order valence-electron chi connectivity index (χ4n) is 2.86. The summed E-state index contributed by atoms with van der Waals surface area (Å²) in [6, 6.07) is 11.9. The number of hydrogen-bond donors (Lipinski definition) is 0. The monoisotopic (exact) mass is 312 g/mol. The van der Waals surface area contributed by atoms with Crippen molar-refractivity contribution in [3.8, 4) is 5.75 Å². The summed E-state index contributed by atoms with van der Waals surface area (Å²) in [5.74, 6) is 0.0481. The Morgan fingerprint density at radius 2 is 2.04 bits per heavy atom. The second-order valence-electron chi connectivity index (χ2n) is 5.33. The highest BCUT2D eigenvalue weighted by Gasteiger charge is 2.29. The molecule has 1 aliphatic rings. The normalized spacial score (nSPS) is 13.3. The van der Waals surface area contributed by atoms with Crippen LogP contribution in [-0.2, 0) is 6.42 Å². The van der Waals surface area contributed by atoms with Gasteiger partial charge in [-0.2, -0.15) is 0 Å². The summed E-state index contributed by atoms with van der Waals surface area (Å²) < 4.78 is 5.10. The summed E-state index contributed by atoms with van der Waals surface area (Å²) in [7, 11) is 1.46. The molecule has 0 spiro atoms. The smallest absolute Gasteiger partial charge is 0.282 e. The molecule has 0 saturated carbocycles. The molecule has 6 nitrogen and oxygen atoms in total. The maximum atomic E-state index is 12.9. The third kappa shape index (κ3) is 2.75. The standard InChI is InChI=1S/C17H16N2O4/c1-23-13-8-9-16(19(21)22)14(11-13)17(20)18-10-4-6-12-5-2-3-7-15(12)18/h2-3,5,7-9,11H,4,6,10H2,1H3. The van der Waals surface area contributed by atoms with Gasteiger partial charge in [0.2, 0.25) is 0 Å². The second kappa shape index (κ2) is 6.08. The van der Waals surface area contributed by atoms with Gasteiger partial charge in [-0.05, 0) is 36.6 Å². The molecule has 0 N–H and O–H groups in total. The van der Waals surface area contributed by atoms with Crippen molar-refractivity contribution >= 4 is 17.3 Å². The zero-order valence-corrected chi connectivity index (χ0v) is 12.7. The Bertz CT molecular complexity index is 773. The number of methoxy groups -OCH3 is 1. The van der Waals surface area contributed by atoms with Crippen LogP contribution in [0.15, 0.2) is 42.5 Å². The van der Waals surface area contributed by atoms with E-state index in [1.54, 1.807) is 4.90 Å². The van der Waals surface area contributed by atoms with Gasteiger partial charge in [-0.15, -0.1) is 0 Å². The van der Waals surface area contributed by atoms with E-state index in [1.165, 1.54) is 25.3 Å². The molecular weight excluding hydrogens is 296 g/mol. The zero-order chi connectivity index (χ0) is 16.4. The van der Waals surface area contributed by atoms with Gasteiger partial charge in [0, 0.05) is 18.3 Å². The predicted octanol–water partition coefficient (Wildman–Crippen LogP) is 3.20. The Morgan fingerprint density at radius 3 is 2.78 bits per heavy atom. The average Bonchev–Trinajstić information content (AvgIpc) is 2.60. The van der Waals surface area contributed by atoms with Crippen molar-refractivity contribution in [2.24, 2.45) is 0 Å². The molecule has 23 heavy (non-hydrogen) atoms. The van der Waals surface area contributed by atoms with Gasteiger partial charge in [-0.3, -0.25) is 14.9 Å². The number of amides is 1. The Kier molecular flexibility index (Phi) is 3.97. The van der Waals surface area contributed by atoms with E-state index in [1.807, 2.05) is 24.3 Å². The Morgan fingerprint density at radius 1 is 1.26 bits per heavy atom. The van der Waals surface area contributed by atoms with E-state index in [9.17, 15) is 14.9 Å². The molecule has 0 saturated heterocycles. The van der Waals surface area contributed by atoms with Crippen LogP contribution in [0.2, 0.25) is 0 Å². The molecule has 0 bridgehead atoms. The van der Waals surface area contributed by atoms with Crippen molar-refractivity contribution in [3.63, 3.8) is 0 Å². The summed E-state index contributed by atoms with van der Waals surface area (Å²) in [4.78, 5) is 25.2. The topological polar surface area (TPSA) is 72.7 Å². The molecule has 0 radical (unpaired) electrons. The van der Waals surface area contributed by atoms with Gasteiger partial charge in [-0.25, -0.2) is 0 Å². The molecule has 6 heteroatoms. The van der Waals surface area contributed by atoms with Crippen LogP contribution in [0.3, 0.4) is 0 Å². The number of carbonyl (C=O) groups is 1. The molecule has 0 atom stereocenters. The molecule has 1 amide bonds. The van der Waals surface area contributed by atoms with Crippen LogP contribution in [0.5, 0.6) is 5.75 Å². The molecule has 0 aromatic heterocycles. The second-order valence-corrected chi connectivity index (χ2v) is 5.33. The minimum atomic E-state index is -0.539. The van der Waals surface area contributed by atoms with Crippen LogP contribution in [0.4, 0.5) is 11.4 Å². The lowest BCUT2D eigenvalue weighted by molar-refractivity contribution is -0.385. The first-order chi connectivity index (χ1) is 11.1. The van der Waals surface area contributed by atoms with Crippen molar-refractivity contribution in [1.82, 2.24) is 0 Å². The van der Waals surface area contributed by atoms with Gasteiger partial charge in [0.1, 0.15) is 11.3 Å². The first-order valence-corrected chi connectivity index (χ1v) is 7.34. The average molecular weight is 312 g/mol. The van der Waals surface area contributed by atoms with Crippen LogP contribution < -0.4 is 9.64 Å². The van der Waals surface area contributed by atoms with Gasteiger partial charge in [0.05, 0.1) is 12.0 Å². The number of nitrogens with zero attached hydrogens (tertiary/aromatic N) is 2. The highest BCUT2D eigenvalue weighted by molar-refractivity contribution is 6.09. The molecule has 1 heterocycles. The lowest BCUT2D eigenvalue weighted by Crippen LogP contribution is -2.35. The number of carbonyl (C=O) groups excluding carboxylic acids is 1. The molecule has 0 aliphatic carbocycles. The molecule has 3 rings (SSSR count). The van der Waals surface area contributed by atoms with Crippen molar-refractivity contribution in [3.05, 3.63) is 63.7 Å². The lowest BCUT2D eigenvalue weighted by atomic mass is 10.0. The van der Waals surface area contributed by atoms with E-state index in [4.69, 9.17) is 4.74 Å². The third-order valence-corrected chi connectivity index (χ3v) is 3.99. The third-order valence-electron chi connectivity index (χ3n) is 3.99. The van der Waals surface area contributed by atoms with Gasteiger partial charge in [-0.1, -0.05) is 18.2 Å². The van der Waals surface area contributed by atoms with Crippen LogP contribution >= 0.6 is 0 Å². The number of para-hydroxylation sites is 1. The molecule has 0 fully saturated rings. The summed E-state index contributed by atoms with van der Waals surface area (Å²) >= 11 is 0. The van der Waals surface area contributed by atoms with Gasteiger partial charge < -0.3 is 9.64 Å². The van der Waals surface area contributed by atoms with Crippen molar-refractivity contribution < 1.29 is 14.5 Å². The number of anilines is 1. The molecule has 0 unspecified atom stereocenters. The van der Waals surface area contributed by atoms with Gasteiger partial charge in [0.15, 0.2) is 0 Å². The molecule has 2 aromatic rings. The number of hydrogen-bond acceptors (Lipinski definition) is 4. The van der Waals surface area contributed by atoms with E-state index in [-0.39, 0.29) is 17.2 Å². The van der Waals surface area contributed by atoms with Crippen molar-refractivity contribution in [2.45, 2.75) is 12.8 Å². The number of ether oxygens (including phenoxy) is 1. The quantitative estimate of drug-likeness (QED) is 0.644. The van der Waals surface area contributed by atoms with E-state index in [0.29, 0.717) is 12.3 Å². The molecule has 2 aromatic carbocycles. The Labute approximate surface area is 133 Å². The maximum Gasteiger partial charge on any atom is 0.282 e. The number of rotatable bonds is 3. The highest BCUT2D eigenvalue weighted by Crippen LogP contribution is 2.31. The first-order valence-electron chi connectivity index (χ1n) is 7.34. The lowest BCUT2D eigenvalue weighted by Gasteiger charge is -2.29. The highest BCUT2D eigenvalue weighted by atomic mass is 16.6. The number of benzene rings is 2. The van der Waals surface area contributed by atoms with Gasteiger partial charge >= 0.3 is 0 Å². The van der Waals surface area contributed by atoms with Crippen molar-refractivity contribution in [2.75, 3.05) is 18.6 Å². The van der Waals surface area contributed by atoms with Crippen LogP contribution in [0.25, 0.3) is 0 Å². The fourth-order valence-corrected chi connectivity index (χ4v) is 2.86. The van der Waals surface area contributed by atoms with Crippen molar-refractivity contribution in [1.29, 1.82) is 0 Å². The Hall–Kier alpha value is -2.89. The molecule has 118 valence electrons. The number of nitro benzene ring substituents is 1. The molecular formula is C17H16N2O4. The SMILES string of the molecule is COc1ccc([N+](=O)[O-])c(C(=O)N2CCCc3ccccc32)c1. The summed E-state index contributed by atoms with van der Waals surface area (Å²) in [5, 5.41) is 11.2. The van der Waals surface area contributed by atoms with E-state index in [2.05, 4.69) is 0 Å². The predicted molar refractivity (Wildman–Crippen MR) is 86.1 cm³/mol. The minimum Gasteiger partial charge on any atom is -0.497 e. The van der Waals surface area contributed by atoms with E-state index < -0.39 is 4.92 Å². The van der Waals surface area contributed by atoms with E-state index in [0.717, 1.165) is 24.1 Å². The van der Waals surface area contributed by atoms with Crippen LogP contribution in [-0.4, -0.2) is 24.5 Å². The largest absolute Gasteiger partial charge is 0.497 e. The first kappa shape index (κ1) is 15.0. The van der Waals surface area contributed by atoms with Crippen LogP contribution in [0.1, 0.15) is 22.3 Å². The summed E-state index contributed by atoms with van der Waals surface area (Å²) in [6.45, 7) is 0.546. The summed E-state index contributed by atoms with van der Waals surface area (Å²) in [5.41, 5.74) is 1.74. The number of nitro groups is 1. The zero-order valence-electron chi connectivity index (χ0n) is 12.7. The van der Waals surface area contributed by atoms with Gasteiger partial charge in [0.25, 0.3) is 11.6 Å².